The van der Waals surface area contributed by atoms with Gasteiger partial charge in [-0.25, -0.2) is 9.97 Å². The molecule has 0 amide bonds. The predicted octanol–water partition coefficient (Wildman–Crippen LogP) is 0.440. The summed E-state index contributed by atoms with van der Waals surface area (Å²) >= 11 is 0. The van der Waals surface area contributed by atoms with E-state index in [2.05, 4.69) is 15.0 Å². The number of aromatic nitrogens is 3. The van der Waals surface area contributed by atoms with Gasteiger partial charge in [0.2, 0.25) is 5.95 Å². The first-order valence-corrected chi connectivity index (χ1v) is 6.31. The van der Waals surface area contributed by atoms with Gasteiger partial charge in [-0.15, -0.1) is 0 Å². The van der Waals surface area contributed by atoms with Gasteiger partial charge < -0.3 is 11.5 Å². The van der Waals surface area contributed by atoms with Crippen molar-refractivity contribution in [3.8, 4) is 11.1 Å². The summed E-state index contributed by atoms with van der Waals surface area (Å²) in [7, 11) is -1.10. The number of nitrogens with two attached hydrogens (primary N) is 2. The highest BCUT2D eigenvalue weighted by atomic mass is 32.2. The lowest BCUT2D eigenvalue weighted by atomic mass is 10.1. The summed E-state index contributed by atoms with van der Waals surface area (Å²) in [6, 6.07) is 3.45. The van der Waals surface area contributed by atoms with Crippen LogP contribution in [0.4, 0.5) is 11.8 Å². The Labute approximate surface area is 101 Å². The maximum absolute atomic E-state index is 11.2. The Bertz CT molecular complexity index is 569. The highest BCUT2D eigenvalue weighted by Crippen LogP contribution is 2.23. The van der Waals surface area contributed by atoms with E-state index < -0.39 is 10.8 Å². The van der Waals surface area contributed by atoms with Crippen molar-refractivity contribution in [3.63, 3.8) is 0 Å². The Morgan fingerprint density at radius 3 is 2.47 bits per heavy atom. The molecular weight excluding hydrogens is 238 g/mol. The highest BCUT2D eigenvalue weighted by Gasteiger charge is 2.06. The SMILES string of the molecule is CS(=O)c1ccc(-c2cnc(N)nc2N)cn1. The van der Waals surface area contributed by atoms with Gasteiger partial charge in [-0.1, -0.05) is 0 Å². The zero-order valence-corrected chi connectivity index (χ0v) is 9.94. The van der Waals surface area contributed by atoms with E-state index in [9.17, 15) is 4.21 Å². The third-order valence-corrected chi connectivity index (χ3v) is 3.01. The minimum Gasteiger partial charge on any atom is -0.383 e. The smallest absolute Gasteiger partial charge is 0.221 e. The van der Waals surface area contributed by atoms with Crippen molar-refractivity contribution in [2.75, 3.05) is 17.7 Å². The van der Waals surface area contributed by atoms with Gasteiger partial charge in [0.05, 0.1) is 10.8 Å². The lowest BCUT2D eigenvalue weighted by molar-refractivity contribution is 0.684. The second-order valence-corrected chi connectivity index (χ2v) is 4.69. The number of nitrogen functional groups attached to an aromatic ring is 2. The molecule has 17 heavy (non-hydrogen) atoms. The standard InChI is InChI=1S/C10H11N5OS/c1-17(16)8-3-2-6(4-13-8)7-5-14-10(12)15-9(7)11/h2-5H,1H3,(H4,11,12,14,15). The summed E-state index contributed by atoms with van der Waals surface area (Å²) in [5.41, 5.74) is 12.6. The van der Waals surface area contributed by atoms with Crippen LogP contribution in [0.5, 0.6) is 0 Å². The second-order valence-electron chi connectivity index (χ2n) is 3.37. The van der Waals surface area contributed by atoms with E-state index in [0.717, 1.165) is 5.56 Å². The first-order valence-electron chi connectivity index (χ1n) is 4.76. The van der Waals surface area contributed by atoms with Gasteiger partial charge in [-0.3, -0.25) is 4.21 Å². The van der Waals surface area contributed by atoms with E-state index in [1.807, 2.05) is 0 Å². The van der Waals surface area contributed by atoms with Crippen LogP contribution in [-0.2, 0) is 10.8 Å². The topological polar surface area (TPSA) is 108 Å². The molecule has 2 rings (SSSR count). The fraction of sp³-hybridized carbons (Fsp3) is 0.100. The van der Waals surface area contributed by atoms with Crippen LogP contribution in [0.3, 0.4) is 0 Å². The number of rotatable bonds is 2. The van der Waals surface area contributed by atoms with Crippen molar-refractivity contribution in [2.45, 2.75) is 5.03 Å². The molecule has 2 aromatic rings. The molecule has 88 valence electrons. The molecule has 6 nitrogen and oxygen atoms in total. The van der Waals surface area contributed by atoms with Crippen LogP contribution < -0.4 is 11.5 Å². The average molecular weight is 249 g/mol. The van der Waals surface area contributed by atoms with Crippen LogP contribution in [0.25, 0.3) is 11.1 Å². The van der Waals surface area contributed by atoms with Gasteiger partial charge in [-0.05, 0) is 12.1 Å². The van der Waals surface area contributed by atoms with Gasteiger partial charge in [0.25, 0.3) is 0 Å². The maximum atomic E-state index is 11.2. The Hall–Kier alpha value is -2.02. The van der Waals surface area contributed by atoms with Crippen LogP contribution in [0.2, 0.25) is 0 Å². The molecule has 0 aliphatic rings. The Balaban J connectivity index is 2.43. The molecule has 0 aliphatic heterocycles. The van der Waals surface area contributed by atoms with Crippen LogP contribution in [0.15, 0.2) is 29.6 Å². The summed E-state index contributed by atoms with van der Waals surface area (Å²) in [6.45, 7) is 0. The number of pyridine rings is 1. The van der Waals surface area contributed by atoms with Crippen molar-refractivity contribution in [2.24, 2.45) is 0 Å². The number of hydrogen-bond acceptors (Lipinski definition) is 6. The quantitative estimate of drug-likeness (QED) is 0.799. The highest BCUT2D eigenvalue weighted by molar-refractivity contribution is 7.84. The van der Waals surface area contributed by atoms with E-state index in [0.29, 0.717) is 16.4 Å². The Morgan fingerprint density at radius 2 is 1.94 bits per heavy atom. The van der Waals surface area contributed by atoms with Gasteiger partial charge in [0.15, 0.2) is 0 Å². The fourth-order valence-corrected chi connectivity index (χ4v) is 1.80. The maximum Gasteiger partial charge on any atom is 0.221 e. The van der Waals surface area contributed by atoms with Gasteiger partial charge in [0, 0.05) is 29.8 Å². The van der Waals surface area contributed by atoms with E-state index in [1.54, 1.807) is 24.6 Å². The number of nitrogens with zero attached hydrogens (tertiary/aromatic N) is 3. The Morgan fingerprint density at radius 1 is 1.18 bits per heavy atom. The Kier molecular flexibility index (Phi) is 3.01. The molecule has 0 aromatic carbocycles. The molecule has 1 unspecified atom stereocenters. The third kappa shape index (κ3) is 2.39. The van der Waals surface area contributed by atoms with E-state index >= 15 is 0 Å². The molecule has 0 radical (unpaired) electrons. The second kappa shape index (κ2) is 4.46. The lowest BCUT2D eigenvalue weighted by Gasteiger charge is -2.05. The number of anilines is 2. The molecule has 1 atom stereocenters. The molecule has 0 aliphatic carbocycles. The van der Waals surface area contributed by atoms with Gasteiger partial charge >= 0.3 is 0 Å². The van der Waals surface area contributed by atoms with Gasteiger partial charge in [0.1, 0.15) is 10.8 Å². The lowest BCUT2D eigenvalue weighted by Crippen LogP contribution is -2.01. The van der Waals surface area contributed by atoms with E-state index in [4.69, 9.17) is 11.5 Å². The minimum absolute atomic E-state index is 0.130. The minimum atomic E-state index is -1.10. The average Bonchev–Trinajstić information content (AvgIpc) is 2.29. The summed E-state index contributed by atoms with van der Waals surface area (Å²) in [5, 5.41) is 0.517. The first kappa shape index (κ1) is 11.5. The third-order valence-electron chi connectivity index (χ3n) is 2.18. The van der Waals surface area contributed by atoms with Crippen molar-refractivity contribution >= 4 is 22.6 Å². The van der Waals surface area contributed by atoms with Crippen molar-refractivity contribution in [1.82, 2.24) is 15.0 Å². The van der Waals surface area contributed by atoms with Crippen molar-refractivity contribution in [1.29, 1.82) is 0 Å². The van der Waals surface area contributed by atoms with Crippen LogP contribution in [0.1, 0.15) is 0 Å². The van der Waals surface area contributed by atoms with Crippen molar-refractivity contribution in [3.05, 3.63) is 24.5 Å². The molecule has 2 heterocycles. The predicted molar refractivity (Wildman–Crippen MR) is 66.4 cm³/mol. The molecule has 0 saturated heterocycles. The summed E-state index contributed by atoms with van der Waals surface area (Å²) in [4.78, 5) is 11.8. The normalized spacial score (nSPS) is 12.3. The summed E-state index contributed by atoms with van der Waals surface area (Å²) in [6.07, 6.45) is 4.70. The van der Waals surface area contributed by atoms with Crippen LogP contribution >= 0.6 is 0 Å². The molecule has 0 spiro atoms. The van der Waals surface area contributed by atoms with Crippen LogP contribution in [-0.4, -0.2) is 25.4 Å². The fourth-order valence-electron chi connectivity index (χ4n) is 1.34. The molecular formula is C10H11N5OS. The molecule has 7 heteroatoms. The van der Waals surface area contributed by atoms with E-state index in [-0.39, 0.29) is 5.95 Å². The zero-order chi connectivity index (χ0) is 12.4. The van der Waals surface area contributed by atoms with Gasteiger partial charge in [-0.2, -0.15) is 4.98 Å². The molecule has 0 fully saturated rings. The largest absolute Gasteiger partial charge is 0.383 e. The monoisotopic (exact) mass is 249 g/mol. The van der Waals surface area contributed by atoms with E-state index in [1.165, 1.54) is 6.20 Å². The number of hydrogen-bond donors (Lipinski definition) is 2. The molecule has 4 N–H and O–H groups in total. The molecule has 0 saturated carbocycles. The zero-order valence-electron chi connectivity index (χ0n) is 9.12. The van der Waals surface area contributed by atoms with Crippen molar-refractivity contribution < 1.29 is 4.21 Å². The summed E-state index contributed by atoms with van der Waals surface area (Å²) in [5.74, 6) is 0.426. The van der Waals surface area contributed by atoms with Crippen LogP contribution in [0, 0.1) is 0 Å². The first-order chi connectivity index (χ1) is 8.08. The molecule has 0 bridgehead atoms. The molecule has 2 aromatic heterocycles. The summed E-state index contributed by atoms with van der Waals surface area (Å²) < 4.78 is 11.2.